The van der Waals surface area contributed by atoms with Crippen LogP contribution < -0.4 is 11.1 Å². The number of nitro benzene ring substituents is 1. The minimum absolute atomic E-state index is 0.0459. The number of nitrogen functional groups attached to an aromatic ring is 1. The molecule has 0 atom stereocenters. The average molecular weight is 323 g/mol. The minimum Gasteiger partial charge on any atom is -0.481 e. The van der Waals surface area contributed by atoms with Gasteiger partial charge in [-0.2, -0.15) is 0 Å². The maximum Gasteiger partial charge on any atom is 0.305 e. The highest BCUT2D eigenvalue weighted by molar-refractivity contribution is 6.01. The van der Waals surface area contributed by atoms with Crippen LogP contribution in [0.3, 0.4) is 0 Å². The smallest absolute Gasteiger partial charge is 0.305 e. The molecule has 1 fully saturated rings. The van der Waals surface area contributed by atoms with E-state index in [4.69, 9.17) is 15.6 Å². The molecule has 23 heavy (non-hydrogen) atoms. The number of anilines is 1. The Labute approximate surface area is 131 Å². The third-order valence-corrected chi connectivity index (χ3v) is 3.84. The summed E-state index contributed by atoms with van der Waals surface area (Å²) in [5.41, 5.74) is 4.09. The molecule has 1 aliphatic rings. The summed E-state index contributed by atoms with van der Waals surface area (Å²) in [6.45, 7) is 0.663. The molecular weight excluding hydrogens is 306 g/mol. The summed E-state index contributed by atoms with van der Waals surface area (Å²) in [7, 11) is 0. The van der Waals surface area contributed by atoms with Gasteiger partial charge in [0.15, 0.2) is 0 Å². The molecule has 1 aliphatic heterocycles. The predicted molar refractivity (Wildman–Crippen MR) is 80.0 cm³/mol. The van der Waals surface area contributed by atoms with Crippen molar-refractivity contribution in [2.45, 2.75) is 24.8 Å². The molecule has 1 amide bonds. The molecule has 0 unspecified atom stereocenters. The summed E-state index contributed by atoms with van der Waals surface area (Å²) < 4.78 is 5.21. The normalized spacial score (nSPS) is 16.5. The number of para-hydroxylation sites is 1. The first kappa shape index (κ1) is 16.7. The van der Waals surface area contributed by atoms with E-state index < -0.39 is 22.3 Å². The zero-order valence-electron chi connectivity index (χ0n) is 12.3. The van der Waals surface area contributed by atoms with Crippen LogP contribution in [0.2, 0.25) is 0 Å². The Morgan fingerprint density at radius 2 is 2.04 bits per heavy atom. The summed E-state index contributed by atoms with van der Waals surface area (Å²) >= 11 is 0. The maximum absolute atomic E-state index is 12.4. The van der Waals surface area contributed by atoms with E-state index in [2.05, 4.69) is 5.32 Å². The molecule has 0 aliphatic carbocycles. The van der Waals surface area contributed by atoms with Gasteiger partial charge in [-0.1, -0.05) is 6.07 Å². The number of nitro groups is 1. The highest BCUT2D eigenvalue weighted by Crippen LogP contribution is 2.28. The van der Waals surface area contributed by atoms with Crippen molar-refractivity contribution < 1.29 is 24.4 Å². The number of hydrogen-bond donors (Lipinski definition) is 3. The zero-order valence-corrected chi connectivity index (χ0v) is 12.3. The molecule has 1 aromatic carbocycles. The summed E-state index contributed by atoms with van der Waals surface area (Å²) in [6.07, 6.45) is 0.441. The van der Waals surface area contributed by atoms with Crippen LogP contribution in [0.25, 0.3) is 0 Å². The monoisotopic (exact) mass is 323 g/mol. The molecule has 1 saturated heterocycles. The van der Waals surface area contributed by atoms with Crippen molar-refractivity contribution in [3.63, 3.8) is 0 Å². The highest BCUT2D eigenvalue weighted by Gasteiger charge is 2.37. The van der Waals surface area contributed by atoms with Crippen molar-refractivity contribution in [1.82, 2.24) is 5.32 Å². The van der Waals surface area contributed by atoms with Crippen LogP contribution in [-0.2, 0) is 9.53 Å². The molecule has 1 heterocycles. The number of carboxylic acids is 1. The second kappa shape index (κ2) is 6.61. The van der Waals surface area contributed by atoms with Crippen molar-refractivity contribution in [2.75, 3.05) is 18.9 Å². The summed E-state index contributed by atoms with van der Waals surface area (Å²) in [6, 6.07) is 3.93. The topological polar surface area (TPSA) is 145 Å². The van der Waals surface area contributed by atoms with Crippen molar-refractivity contribution in [3.8, 4) is 0 Å². The maximum atomic E-state index is 12.4. The largest absolute Gasteiger partial charge is 0.481 e. The fourth-order valence-corrected chi connectivity index (χ4v) is 2.62. The van der Waals surface area contributed by atoms with Crippen LogP contribution in [-0.4, -0.2) is 40.7 Å². The van der Waals surface area contributed by atoms with Crippen molar-refractivity contribution in [2.24, 2.45) is 0 Å². The number of nitrogens with zero attached hydrogens (tertiary/aromatic N) is 1. The fraction of sp³-hybridized carbons (Fsp3) is 0.429. The molecule has 1 aromatic rings. The number of carbonyl (C=O) groups is 2. The van der Waals surface area contributed by atoms with Crippen LogP contribution in [0.1, 0.15) is 29.6 Å². The standard InChI is InChI=1S/C14H17N3O6/c15-12-9(2-1-3-10(12)17(21)22)13(20)16-14(8-11(18)19)4-6-23-7-5-14/h1-3H,4-8,15H2,(H,16,20)(H,18,19). The molecule has 0 spiro atoms. The third kappa shape index (κ3) is 3.75. The van der Waals surface area contributed by atoms with Gasteiger partial charge in [0.05, 0.1) is 22.4 Å². The van der Waals surface area contributed by atoms with Gasteiger partial charge in [-0.05, 0) is 18.9 Å². The highest BCUT2D eigenvalue weighted by atomic mass is 16.6. The number of aliphatic carboxylic acids is 1. The molecular formula is C14H17N3O6. The van der Waals surface area contributed by atoms with E-state index in [0.29, 0.717) is 26.1 Å². The lowest BCUT2D eigenvalue weighted by Crippen LogP contribution is -2.53. The first-order valence-corrected chi connectivity index (χ1v) is 6.99. The average Bonchev–Trinajstić information content (AvgIpc) is 2.46. The van der Waals surface area contributed by atoms with E-state index >= 15 is 0 Å². The molecule has 0 bridgehead atoms. The summed E-state index contributed by atoms with van der Waals surface area (Å²) in [5.74, 6) is -1.67. The molecule has 2 rings (SSSR count). The van der Waals surface area contributed by atoms with Crippen LogP contribution in [0.5, 0.6) is 0 Å². The molecule has 4 N–H and O–H groups in total. The van der Waals surface area contributed by atoms with Gasteiger partial charge in [0.1, 0.15) is 5.69 Å². The van der Waals surface area contributed by atoms with Gasteiger partial charge in [-0.25, -0.2) is 0 Å². The van der Waals surface area contributed by atoms with E-state index in [1.54, 1.807) is 0 Å². The Hall–Kier alpha value is -2.68. The Kier molecular flexibility index (Phi) is 4.80. The molecule has 124 valence electrons. The van der Waals surface area contributed by atoms with E-state index in [-0.39, 0.29) is 23.4 Å². The SMILES string of the molecule is Nc1c(C(=O)NC2(CC(=O)O)CCOCC2)cccc1[N+](=O)[O-]. The molecule has 9 nitrogen and oxygen atoms in total. The third-order valence-electron chi connectivity index (χ3n) is 3.84. The number of rotatable bonds is 5. The van der Waals surface area contributed by atoms with Crippen molar-refractivity contribution >= 4 is 23.3 Å². The number of nitrogens with one attached hydrogen (secondary N) is 1. The van der Waals surface area contributed by atoms with Gasteiger partial charge in [-0.3, -0.25) is 19.7 Å². The quantitative estimate of drug-likeness (QED) is 0.415. The second-order valence-corrected chi connectivity index (χ2v) is 5.41. The number of carboxylic acid groups (broad SMARTS) is 1. The van der Waals surface area contributed by atoms with Gasteiger partial charge in [0, 0.05) is 19.3 Å². The van der Waals surface area contributed by atoms with Crippen LogP contribution in [0.4, 0.5) is 11.4 Å². The molecule has 9 heteroatoms. The van der Waals surface area contributed by atoms with Gasteiger partial charge in [-0.15, -0.1) is 0 Å². The van der Waals surface area contributed by atoms with E-state index in [0.717, 1.165) is 0 Å². The van der Waals surface area contributed by atoms with E-state index in [9.17, 15) is 19.7 Å². The van der Waals surface area contributed by atoms with Crippen LogP contribution in [0, 0.1) is 10.1 Å². The lowest BCUT2D eigenvalue weighted by Gasteiger charge is -2.36. The zero-order chi connectivity index (χ0) is 17.0. The number of benzene rings is 1. The van der Waals surface area contributed by atoms with Crippen molar-refractivity contribution in [1.29, 1.82) is 0 Å². The van der Waals surface area contributed by atoms with Crippen LogP contribution in [0.15, 0.2) is 18.2 Å². The fourth-order valence-electron chi connectivity index (χ4n) is 2.62. The Morgan fingerprint density at radius 1 is 1.39 bits per heavy atom. The van der Waals surface area contributed by atoms with Gasteiger partial charge < -0.3 is 20.9 Å². The van der Waals surface area contributed by atoms with Gasteiger partial charge in [0.25, 0.3) is 11.6 Å². The second-order valence-electron chi connectivity index (χ2n) is 5.41. The van der Waals surface area contributed by atoms with Gasteiger partial charge >= 0.3 is 5.97 Å². The van der Waals surface area contributed by atoms with E-state index in [1.165, 1.54) is 18.2 Å². The molecule has 0 saturated carbocycles. The Balaban J connectivity index is 2.27. The first-order valence-electron chi connectivity index (χ1n) is 6.99. The lowest BCUT2D eigenvalue weighted by molar-refractivity contribution is -0.383. The van der Waals surface area contributed by atoms with Crippen molar-refractivity contribution in [3.05, 3.63) is 33.9 Å². The number of nitrogens with two attached hydrogens (primary N) is 1. The molecule has 0 radical (unpaired) electrons. The number of ether oxygens (including phenoxy) is 1. The van der Waals surface area contributed by atoms with E-state index in [1.807, 2.05) is 0 Å². The summed E-state index contributed by atoms with van der Waals surface area (Å²) in [4.78, 5) is 33.8. The lowest BCUT2D eigenvalue weighted by atomic mass is 9.86. The number of amides is 1. The predicted octanol–water partition coefficient (Wildman–Crippen LogP) is 0.931. The Morgan fingerprint density at radius 3 is 2.61 bits per heavy atom. The Bertz CT molecular complexity index is 639. The molecule has 0 aromatic heterocycles. The van der Waals surface area contributed by atoms with Crippen LogP contribution >= 0.6 is 0 Å². The summed E-state index contributed by atoms with van der Waals surface area (Å²) in [5, 5.41) is 22.7. The number of carbonyl (C=O) groups excluding carboxylic acids is 1. The first-order chi connectivity index (χ1) is 10.8. The van der Waals surface area contributed by atoms with Gasteiger partial charge in [0.2, 0.25) is 0 Å². The minimum atomic E-state index is -1.04. The number of hydrogen-bond acceptors (Lipinski definition) is 6.